The normalized spacial score (nSPS) is 22.0. The molecule has 1 N–H and O–H groups in total. The van der Waals surface area contributed by atoms with Gasteiger partial charge in [0.25, 0.3) is 0 Å². The first-order valence-electron chi connectivity index (χ1n) is 3.78. The molecule has 0 bridgehead atoms. The van der Waals surface area contributed by atoms with E-state index in [0.717, 1.165) is 12.0 Å². The highest BCUT2D eigenvalue weighted by Gasteiger charge is 2.04. The molecule has 1 aliphatic carbocycles. The van der Waals surface area contributed by atoms with Crippen LogP contribution in [0.25, 0.3) is 0 Å². The van der Waals surface area contributed by atoms with Crippen molar-refractivity contribution in [2.45, 2.75) is 13.3 Å². The van der Waals surface area contributed by atoms with E-state index in [1.165, 1.54) is 0 Å². The van der Waals surface area contributed by atoms with Gasteiger partial charge in [-0.05, 0) is 13.3 Å². The Hall–Kier alpha value is -1.00. The van der Waals surface area contributed by atoms with Gasteiger partial charge in [-0.25, -0.2) is 0 Å². The summed E-state index contributed by atoms with van der Waals surface area (Å²) < 4.78 is 0. The molecular weight excluding hydrogens is 136 g/mol. The SMILES string of the molecule is CC#CC1=CCC(CO)C=C1. The molecule has 0 aromatic heterocycles. The molecule has 1 rings (SSSR count). The number of hydrogen-bond acceptors (Lipinski definition) is 1. The third-order valence-electron chi connectivity index (χ3n) is 1.69. The number of allylic oxidation sites excluding steroid dienone is 3. The molecule has 0 radical (unpaired) electrons. The van der Waals surface area contributed by atoms with Crippen LogP contribution in [-0.4, -0.2) is 11.7 Å². The van der Waals surface area contributed by atoms with Gasteiger partial charge in [0.2, 0.25) is 0 Å². The Bertz CT molecular complexity index is 237. The van der Waals surface area contributed by atoms with E-state index < -0.39 is 0 Å². The Labute approximate surface area is 67.4 Å². The summed E-state index contributed by atoms with van der Waals surface area (Å²) in [7, 11) is 0. The van der Waals surface area contributed by atoms with E-state index >= 15 is 0 Å². The van der Waals surface area contributed by atoms with Gasteiger partial charge in [0.05, 0.1) is 0 Å². The van der Waals surface area contributed by atoms with E-state index in [9.17, 15) is 0 Å². The second-order valence-electron chi connectivity index (χ2n) is 2.57. The van der Waals surface area contributed by atoms with Crippen molar-refractivity contribution in [2.75, 3.05) is 6.61 Å². The predicted molar refractivity (Wildman–Crippen MR) is 45.9 cm³/mol. The molecule has 0 spiro atoms. The molecule has 0 fully saturated rings. The molecule has 1 unspecified atom stereocenters. The zero-order chi connectivity index (χ0) is 8.10. The van der Waals surface area contributed by atoms with Crippen LogP contribution in [0.2, 0.25) is 0 Å². The van der Waals surface area contributed by atoms with E-state index in [0.29, 0.717) is 5.92 Å². The van der Waals surface area contributed by atoms with Gasteiger partial charge in [-0.3, -0.25) is 0 Å². The van der Waals surface area contributed by atoms with E-state index in [1.807, 2.05) is 19.1 Å². The van der Waals surface area contributed by atoms with Crippen molar-refractivity contribution >= 4 is 0 Å². The molecule has 1 aliphatic rings. The molecule has 0 aromatic rings. The zero-order valence-electron chi connectivity index (χ0n) is 6.67. The van der Waals surface area contributed by atoms with Crippen molar-refractivity contribution in [3.05, 3.63) is 23.8 Å². The maximum absolute atomic E-state index is 8.79. The molecule has 0 heterocycles. The maximum atomic E-state index is 8.79. The Kier molecular flexibility index (Phi) is 2.95. The fourth-order valence-corrected chi connectivity index (χ4v) is 1.04. The third-order valence-corrected chi connectivity index (χ3v) is 1.69. The average Bonchev–Trinajstić information content (AvgIpc) is 2.07. The summed E-state index contributed by atoms with van der Waals surface area (Å²) in [5.41, 5.74) is 1.07. The van der Waals surface area contributed by atoms with Crippen LogP contribution in [0.4, 0.5) is 0 Å². The summed E-state index contributed by atoms with van der Waals surface area (Å²) in [4.78, 5) is 0. The minimum atomic E-state index is 0.236. The lowest BCUT2D eigenvalue weighted by Crippen LogP contribution is -2.03. The highest BCUT2D eigenvalue weighted by molar-refractivity contribution is 5.39. The van der Waals surface area contributed by atoms with Crippen LogP contribution in [0.5, 0.6) is 0 Å². The van der Waals surface area contributed by atoms with Crippen molar-refractivity contribution in [3.8, 4) is 11.8 Å². The van der Waals surface area contributed by atoms with Crippen LogP contribution in [0.1, 0.15) is 13.3 Å². The fourth-order valence-electron chi connectivity index (χ4n) is 1.04. The topological polar surface area (TPSA) is 20.2 Å². The fraction of sp³-hybridized carbons (Fsp3) is 0.400. The molecule has 0 saturated heterocycles. The Balaban J connectivity index is 2.57. The molecule has 0 amide bonds. The van der Waals surface area contributed by atoms with Crippen molar-refractivity contribution in [3.63, 3.8) is 0 Å². The van der Waals surface area contributed by atoms with Crippen LogP contribution >= 0.6 is 0 Å². The maximum Gasteiger partial charge on any atom is 0.0496 e. The minimum Gasteiger partial charge on any atom is -0.396 e. The molecular formula is C10H12O. The van der Waals surface area contributed by atoms with Crippen LogP contribution in [0.15, 0.2) is 23.8 Å². The second kappa shape index (κ2) is 4.00. The number of aliphatic hydroxyl groups excluding tert-OH is 1. The lowest BCUT2D eigenvalue weighted by atomic mass is 9.98. The summed E-state index contributed by atoms with van der Waals surface area (Å²) in [6.07, 6.45) is 6.97. The Morgan fingerprint density at radius 3 is 3.00 bits per heavy atom. The monoisotopic (exact) mass is 148 g/mol. The van der Waals surface area contributed by atoms with Gasteiger partial charge in [-0.1, -0.05) is 24.1 Å². The van der Waals surface area contributed by atoms with Gasteiger partial charge in [0.1, 0.15) is 0 Å². The Morgan fingerprint density at radius 2 is 2.55 bits per heavy atom. The van der Waals surface area contributed by atoms with Gasteiger partial charge >= 0.3 is 0 Å². The predicted octanol–water partition coefficient (Wildman–Crippen LogP) is 1.50. The summed E-state index contributed by atoms with van der Waals surface area (Å²) >= 11 is 0. The molecule has 0 aliphatic heterocycles. The largest absolute Gasteiger partial charge is 0.396 e. The summed E-state index contributed by atoms with van der Waals surface area (Å²) in [6.45, 7) is 2.06. The molecule has 1 heteroatoms. The second-order valence-corrected chi connectivity index (χ2v) is 2.57. The first kappa shape index (κ1) is 8.10. The smallest absolute Gasteiger partial charge is 0.0496 e. The van der Waals surface area contributed by atoms with E-state index in [-0.39, 0.29) is 6.61 Å². The van der Waals surface area contributed by atoms with Crippen molar-refractivity contribution in [1.29, 1.82) is 0 Å². The van der Waals surface area contributed by atoms with Gasteiger partial charge in [0.15, 0.2) is 0 Å². The third kappa shape index (κ3) is 2.25. The van der Waals surface area contributed by atoms with Gasteiger partial charge in [-0.2, -0.15) is 0 Å². The van der Waals surface area contributed by atoms with Crippen LogP contribution in [0.3, 0.4) is 0 Å². The lowest BCUT2D eigenvalue weighted by Gasteiger charge is -2.09. The van der Waals surface area contributed by atoms with Crippen LogP contribution < -0.4 is 0 Å². The lowest BCUT2D eigenvalue weighted by molar-refractivity contribution is 0.253. The summed E-state index contributed by atoms with van der Waals surface area (Å²) in [5, 5.41) is 8.79. The number of rotatable bonds is 1. The quantitative estimate of drug-likeness (QED) is 0.559. The highest BCUT2D eigenvalue weighted by atomic mass is 16.3. The van der Waals surface area contributed by atoms with Gasteiger partial charge in [-0.15, -0.1) is 5.92 Å². The van der Waals surface area contributed by atoms with Gasteiger partial charge in [0, 0.05) is 18.1 Å². The Morgan fingerprint density at radius 1 is 1.73 bits per heavy atom. The summed E-state index contributed by atoms with van der Waals surface area (Å²) in [6, 6.07) is 0. The molecule has 1 nitrogen and oxygen atoms in total. The number of hydrogen-bond donors (Lipinski definition) is 1. The molecule has 11 heavy (non-hydrogen) atoms. The molecule has 0 aromatic carbocycles. The molecule has 1 atom stereocenters. The van der Waals surface area contributed by atoms with Crippen LogP contribution in [-0.2, 0) is 0 Å². The standard InChI is InChI=1S/C10H12O/c1-2-3-9-4-6-10(8-11)7-5-9/h4-6,10-11H,7-8H2,1H3. The highest BCUT2D eigenvalue weighted by Crippen LogP contribution is 2.14. The van der Waals surface area contributed by atoms with E-state index in [1.54, 1.807) is 0 Å². The van der Waals surface area contributed by atoms with E-state index in [2.05, 4.69) is 17.9 Å². The van der Waals surface area contributed by atoms with Crippen molar-refractivity contribution in [2.24, 2.45) is 5.92 Å². The average molecular weight is 148 g/mol. The minimum absolute atomic E-state index is 0.236. The number of aliphatic hydroxyl groups is 1. The van der Waals surface area contributed by atoms with Gasteiger partial charge < -0.3 is 5.11 Å². The first-order valence-corrected chi connectivity index (χ1v) is 3.78. The van der Waals surface area contributed by atoms with Crippen LogP contribution in [0, 0.1) is 17.8 Å². The zero-order valence-corrected chi connectivity index (χ0v) is 6.67. The molecule has 0 saturated carbocycles. The molecule has 58 valence electrons. The van der Waals surface area contributed by atoms with Crippen molar-refractivity contribution in [1.82, 2.24) is 0 Å². The van der Waals surface area contributed by atoms with E-state index in [4.69, 9.17) is 5.11 Å². The summed E-state index contributed by atoms with van der Waals surface area (Å²) in [5.74, 6) is 6.11. The van der Waals surface area contributed by atoms with Crippen molar-refractivity contribution < 1.29 is 5.11 Å². The first-order chi connectivity index (χ1) is 5.36.